The van der Waals surface area contributed by atoms with Gasteiger partial charge < -0.3 is 18.9 Å². The molecular weight excluding hydrogens is 463 g/mol. The van der Waals surface area contributed by atoms with Crippen LogP contribution in [0.2, 0.25) is 0 Å². The third kappa shape index (κ3) is 8.20. The van der Waals surface area contributed by atoms with E-state index in [4.69, 9.17) is 18.9 Å². The summed E-state index contributed by atoms with van der Waals surface area (Å²) >= 11 is 3.07. The highest BCUT2D eigenvalue weighted by Crippen LogP contribution is 2.17. The molecule has 2 rings (SSSR count). The van der Waals surface area contributed by atoms with E-state index >= 15 is 0 Å². The monoisotopic (exact) mass is 482 g/mol. The second-order valence-electron chi connectivity index (χ2n) is 6.04. The molecule has 160 valence electrons. The number of aldehydes is 1. The highest BCUT2D eigenvalue weighted by molar-refractivity contribution is 9.09. The Bertz CT molecular complexity index is 804. The molecule has 0 saturated heterocycles. The van der Waals surface area contributed by atoms with Crippen LogP contribution in [0.15, 0.2) is 60.7 Å². The maximum Gasteiger partial charge on any atom is 0.509 e. The van der Waals surface area contributed by atoms with Crippen LogP contribution in [-0.4, -0.2) is 42.3 Å². The molecule has 9 heteroatoms. The van der Waals surface area contributed by atoms with Crippen molar-refractivity contribution < 1.29 is 37.7 Å². The Hall–Kier alpha value is -2.94. The molecule has 0 N–H and O–H groups in total. The van der Waals surface area contributed by atoms with Crippen LogP contribution in [0.4, 0.5) is 14.0 Å². The van der Waals surface area contributed by atoms with E-state index in [1.807, 2.05) is 6.07 Å². The molecule has 0 aromatic heterocycles. The fourth-order valence-corrected chi connectivity index (χ4v) is 2.81. The Balaban J connectivity index is 1.80. The summed E-state index contributed by atoms with van der Waals surface area (Å²) in [5, 5.41) is 0. The fraction of sp³-hybridized carbons (Fsp3) is 0.286. The van der Waals surface area contributed by atoms with Gasteiger partial charge in [-0.3, -0.25) is 4.79 Å². The molecule has 0 spiro atoms. The van der Waals surface area contributed by atoms with Crippen LogP contribution in [0.3, 0.4) is 0 Å². The van der Waals surface area contributed by atoms with Gasteiger partial charge in [-0.2, -0.15) is 0 Å². The predicted octanol–water partition coefficient (Wildman–Crippen LogP) is 4.36. The van der Waals surface area contributed by atoms with Gasteiger partial charge in [-0.05, 0) is 11.1 Å². The van der Waals surface area contributed by atoms with Crippen molar-refractivity contribution in [1.82, 2.24) is 0 Å². The standard InChI is InChI=1S/C21H20BrFO7/c22-17(14-29-20(25)27-12-15-7-3-1-4-8-15)19(18(23)11-24)30-21(26)28-13-16-9-5-2-6-10-16/h1-11,17-19H,12-14H2/t17-,18+,19+/m0/s1. The van der Waals surface area contributed by atoms with Gasteiger partial charge in [0.2, 0.25) is 0 Å². The summed E-state index contributed by atoms with van der Waals surface area (Å²) in [6, 6.07) is 17.7. The molecule has 0 radical (unpaired) electrons. The van der Waals surface area contributed by atoms with Gasteiger partial charge in [-0.15, -0.1) is 0 Å². The third-order valence-electron chi connectivity index (χ3n) is 3.79. The molecule has 0 heterocycles. The molecular formula is C21H20BrFO7. The average Bonchev–Trinajstić information content (AvgIpc) is 2.79. The first kappa shape index (κ1) is 23.3. The van der Waals surface area contributed by atoms with E-state index in [0.29, 0.717) is 5.56 Å². The summed E-state index contributed by atoms with van der Waals surface area (Å²) in [6.07, 6.45) is -5.88. The van der Waals surface area contributed by atoms with E-state index in [1.165, 1.54) is 0 Å². The second kappa shape index (κ2) is 12.6. The van der Waals surface area contributed by atoms with Gasteiger partial charge in [0.1, 0.15) is 19.8 Å². The summed E-state index contributed by atoms with van der Waals surface area (Å²) < 4.78 is 33.6. The molecule has 7 nitrogen and oxygen atoms in total. The quantitative estimate of drug-likeness (QED) is 0.282. The molecule has 0 bridgehead atoms. The lowest BCUT2D eigenvalue weighted by Crippen LogP contribution is -2.39. The number of carbonyl (C=O) groups excluding carboxylic acids is 3. The number of rotatable bonds is 10. The zero-order valence-corrected chi connectivity index (χ0v) is 17.4. The van der Waals surface area contributed by atoms with Crippen molar-refractivity contribution in [1.29, 1.82) is 0 Å². The molecule has 0 aliphatic heterocycles. The Morgan fingerprint density at radius 3 is 1.87 bits per heavy atom. The van der Waals surface area contributed by atoms with Crippen molar-refractivity contribution in [2.45, 2.75) is 30.3 Å². The summed E-state index contributed by atoms with van der Waals surface area (Å²) in [5.74, 6) is 0. The zero-order chi connectivity index (χ0) is 21.8. The van der Waals surface area contributed by atoms with Gasteiger partial charge in [0.15, 0.2) is 18.6 Å². The maximum atomic E-state index is 14.0. The van der Waals surface area contributed by atoms with E-state index in [-0.39, 0.29) is 19.5 Å². The average molecular weight is 483 g/mol. The van der Waals surface area contributed by atoms with Crippen LogP contribution in [0.1, 0.15) is 11.1 Å². The molecule has 0 aliphatic rings. The largest absolute Gasteiger partial charge is 0.509 e. The van der Waals surface area contributed by atoms with E-state index in [2.05, 4.69) is 15.9 Å². The van der Waals surface area contributed by atoms with E-state index in [0.717, 1.165) is 5.56 Å². The number of halogens is 2. The lowest BCUT2D eigenvalue weighted by Gasteiger charge is -2.22. The normalized spacial score (nSPS) is 13.4. The minimum absolute atomic E-state index is 0.00155. The first-order chi connectivity index (χ1) is 14.5. The van der Waals surface area contributed by atoms with Crippen molar-refractivity contribution in [2.75, 3.05) is 6.61 Å². The van der Waals surface area contributed by atoms with Gasteiger partial charge in [-0.1, -0.05) is 76.6 Å². The van der Waals surface area contributed by atoms with Gasteiger partial charge in [0.05, 0.1) is 4.83 Å². The van der Waals surface area contributed by atoms with Crippen LogP contribution in [0.5, 0.6) is 0 Å². The molecule has 2 aromatic rings. The zero-order valence-electron chi connectivity index (χ0n) is 15.8. The van der Waals surface area contributed by atoms with Crippen LogP contribution in [0.25, 0.3) is 0 Å². The van der Waals surface area contributed by atoms with Gasteiger partial charge in [-0.25, -0.2) is 14.0 Å². The smallest absolute Gasteiger partial charge is 0.433 e. The van der Waals surface area contributed by atoms with Gasteiger partial charge in [0.25, 0.3) is 0 Å². The van der Waals surface area contributed by atoms with Crippen molar-refractivity contribution in [3.05, 3.63) is 71.8 Å². The maximum absolute atomic E-state index is 14.0. The Morgan fingerprint density at radius 2 is 1.37 bits per heavy atom. The van der Waals surface area contributed by atoms with Crippen LogP contribution in [-0.2, 0) is 37.0 Å². The number of hydrogen-bond acceptors (Lipinski definition) is 7. The summed E-state index contributed by atoms with van der Waals surface area (Å²) in [5.41, 5.74) is 1.47. The van der Waals surface area contributed by atoms with Gasteiger partial charge in [0, 0.05) is 0 Å². The number of carbonyl (C=O) groups is 3. The molecule has 0 unspecified atom stereocenters. The number of alkyl halides is 2. The molecule has 0 fully saturated rings. The predicted molar refractivity (Wildman–Crippen MR) is 108 cm³/mol. The second-order valence-corrected chi connectivity index (χ2v) is 7.21. The Kier molecular flexibility index (Phi) is 9.79. The summed E-state index contributed by atoms with van der Waals surface area (Å²) in [4.78, 5) is 33.4. The van der Waals surface area contributed by atoms with Gasteiger partial charge >= 0.3 is 12.3 Å². The molecule has 2 aromatic carbocycles. The summed E-state index contributed by atoms with van der Waals surface area (Å²) in [7, 11) is 0. The first-order valence-electron chi connectivity index (χ1n) is 8.94. The molecule has 3 atom stereocenters. The molecule has 0 saturated carbocycles. The van der Waals surface area contributed by atoms with Crippen molar-refractivity contribution in [3.8, 4) is 0 Å². The highest BCUT2D eigenvalue weighted by Gasteiger charge is 2.33. The SMILES string of the molecule is O=C[C@@H](F)[C@H](OC(=O)OCc1ccccc1)[C@@H](Br)COC(=O)OCc1ccccc1. The Labute approximate surface area is 181 Å². The summed E-state index contributed by atoms with van der Waals surface area (Å²) in [6.45, 7) is -0.489. The molecule has 0 amide bonds. The third-order valence-corrected chi connectivity index (χ3v) is 4.58. The first-order valence-corrected chi connectivity index (χ1v) is 9.85. The Morgan fingerprint density at radius 1 is 0.867 bits per heavy atom. The lowest BCUT2D eigenvalue weighted by molar-refractivity contribution is -0.116. The number of ether oxygens (including phenoxy) is 4. The van der Waals surface area contributed by atoms with E-state index < -0.39 is 36.0 Å². The van der Waals surface area contributed by atoms with Crippen molar-refractivity contribution >= 4 is 34.5 Å². The topological polar surface area (TPSA) is 88.1 Å². The van der Waals surface area contributed by atoms with E-state index in [1.54, 1.807) is 54.6 Å². The molecule has 0 aliphatic carbocycles. The minimum Gasteiger partial charge on any atom is -0.433 e. The van der Waals surface area contributed by atoms with Crippen molar-refractivity contribution in [3.63, 3.8) is 0 Å². The number of benzene rings is 2. The minimum atomic E-state index is -2.15. The highest BCUT2D eigenvalue weighted by atomic mass is 79.9. The van der Waals surface area contributed by atoms with Crippen molar-refractivity contribution in [2.24, 2.45) is 0 Å². The van der Waals surface area contributed by atoms with Crippen LogP contribution < -0.4 is 0 Å². The van der Waals surface area contributed by atoms with E-state index in [9.17, 15) is 18.8 Å². The van der Waals surface area contributed by atoms with Crippen LogP contribution >= 0.6 is 15.9 Å². The molecule has 30 heavy (non-hydrogen) atoms. The lowest BCUT2D eigenvalue weighted by atomic mass is 10.2. The van der Waals surface area contributed by atoms with Crippen LogP contribution in [0, 0.1) is 0 Å². The number of hydrogen-bond donors (Lipinski definition) is 0. The fourth-order valence-electron chi connectivity index (χ4n) is 2.28.